The van der Waals surface area contributed by atoms with Crippen molar-refractivity contribution in [2.45, 2.75) is 0 Å². The van der Waals surface area contributed by atoms with Gasteiger partial charge in [0.15, 0.2) is 0 Å². The van der Waals surface area contributed by atoms with Crippen LogP contribution in [-0.2, 0) is 0 Å². The van der Waals surface area contributed by atoms with Crippen LogP contribution in [0, 0.1) is 0 Å². The second-order valence-electron chi connectivity index (χ2n) is 0.289. The minimum absolute atomic E-state index is 0. The predicted octanol–water partition coefficient (Wildman–Crippen LogP) is -1.34. The summed E-state index contributed by atoms with van der Waals surface area (Å²) in [5, 5.41) is 0. The third-order valence-electron chi connectivity index (χ3n) is 0.0894. The maximum atomic E-state index is 7.38. The number of hydrogen-bond acceptors (Lipinski definition) is 1. The summed E-state index contributed by atoms with van der Waals surface area (Å²) in [6.45, 7) is 0. The molecule has 0 aromatic rings. The van der Waals surface area contributed by atoms with Gasteiger partial charge in [-0.3, -0.25) is 0 Å². The first-order valence-corrected chi connectivity index (χ1v) is 2.72. The molecule has 3 nitrogen and oxygen atoms in total. The van der Waals surface area contributed by atoms with Crippen LogP contribution in [0.2, 0.25) is 0 Å². The van der Waals surface area contributed by atoms with Crippen molar-refractivity contribution in [2.24, 2.45) is 3.82 Å². The van der Waals surface area contributed by atoms with Gasteiger partial charge in [-0.15, -0.1) is 0 Å². The molecular formula is H5GaInN3. The van der Waals surface area contributed by atoms with E-state index >= 15 is 0 Å². The Morgan fingerprint density at radius 2 is 2.00 bits per heavy atom. The van der Waals surface area contributed by atoms with Gasteiger partial charge in [0.05, 0.1) is 0 Å². The van der Waals surface area contributed by atoms with Gasteiger partial charge in [0.25, 0.3) is 0 Å². The molecule has 0 saturated heterocycles. The van der Waals surface area contributed by atoms with Crippen LogP contribution in [0.5, 0.6) is 0 Å². The third kappa shape index (κ3) is 11.6. The molecule has 5 heavy (non-hydrogen) atoms. The van der Waals surface area contributed by atoms with Crippen molar-refractivity contribution >= 4 is 44.7 Å². The van der Waals surface area contributed by atoms with Crippen LogP contribution >= 0.6 is 0 Å². The van der Waals surface area contributed by atoms with Crippen LogP contribution in [0.4, 0.5) is 0 Å². The molecule has 0 fully saturated rings. The summed E-state index contributed by atoms with van der Waals surface area (Å²) in [6.07, 6.45) is 0. The van der Waals surface area contributed by atoms with E-state index in [2.05, 4.69) is 8.73 Å². The van der Waals surface area contributed by atoms with Gasteiger partial charge in [0.2, 0.25) is 0 Å². The average Bonchev–Trinajstić information content (AvgIpc) is 1.37. The van der Waals surface area contributed by atoms with Crippen LogP contribution < -0.4 is 0 Å². The summed E-state index contributed by atoms with van der Waals surface area (Å²) >= 11 is 0.321. The quantitative estimate of drug-likeness (QED) is 0.215. The molecule has 0 aliphatic heterocycles. The molecule has 0 rings (SSSR count). The third-order valence-corrected chi connectivity index (χ3v) is 0.465. The predicted molar refractivity (Wildman–Crippen MR) is 27.6 cm³/mol. The van der Waals surface area contributed by atoms with E-state index in [4.69, 9.17) is 5.53 Å². The van der Waals surface area contributed by atoms with E-state index in [0.717, 1.165) is 0 Å². The first-order chi connectivity index (χ1) is 1.91. The Morgan fingerprint density at radius 1 is 1.80 bits per heavy atom. The second kappa shape index (κ2) is 8.84. The first-order valence-electron chi connectivity index (χ1n) is 0.847. The minimum atomic E-state index is 0. The molecule has 0 atom stereocenters. The molecule has 0 bridgehead atoms. The van der Waals surface area contributed by atoms with Gasteiger partial charge < -0.3 is 0 Å². The Bertz CT molecular complexity index is 44.9. The molecule has 0 aromatic carbocycles. The Labute approximate surface area is 58.7 Å². The second-order valence-corrected chi connectivity index (χ2v) is 1.13. The van der Waals surface area contributed by atoms with Gasteiger partial charge in [-0.1, -0.05) is 0 Å². The fourth-order valence-corrected chi connectivity index (χ4v) is 0. The zero-order valence-electron chi connectivity index (χ0n) is 2.34. The summed E-state index contributed by atoms with van der Waals surface area (Å²) in [6, 6.07) is 0. The van der Waals surface area contributed by atoms with Crippen LogP contribution in [0.1, 0.15) is 0 Å². The first kappa shape index (κ1) is 9.26. The van der Waals surface area contributed by atoms with Crippen molar-refractivity contribution in [3.8, 4) is 0 Å². The number of hydrogen-bond donors (Lipinski definition) is 0. The van der Waals surface area contributed by atoms with Crippen molar-refractivity contribution in [2.75, 3.05) is 0 Å². The molecule has 0 radical (unpaired) electrons. The van der Waals surface area contributed by atoms with Crippen LogP contribution in [0.25, 0.3) is 10.4 Å². The number of nitrogens with zero attached hydrogens (tertiary/aromatic N) is 3. The fourth-order valence-electron chi connectivity index (χ4n) is 0. The zero-order chi connectivity index (χ0) is 3.41. The molecule has 5 heteroatoms. The summed E-state index contributed by atoms with van der Waals surface area (Å²) in [7, 11) is 0. The van der Waals surface area contributed by atoms with Crippen LogP contribution in [-0.4, -0.2) is 44.7 Å². The molecule has 0 aliphatic carbocycles. The van der Waals surface area contributed by atoms with Crippen molar-refractivity contribution in [1.82, 2.24) is 0 Å². The topological polar surface area (TPSA) is 48.8 Å². The summed E-state index contributed by atoms with van der Waals surface area (Å²) in [5.41, 5.74) is 7.38. The van der Waals surface area contributed by atoms with E-state index in [0.29, 0.717) is 18.8 Å². The van der Waals surface area contributed by atoms with Gasteiger partial charge >= 0.3 is 58.9 Å². The van der Waals surface area contributed by atoms with E-state index in [1.165, 1.54) is 0 Å². The van der Waals surface area contributed by atoms with E-state index in [1.54, 1.807) is 0 Å². The molecule has 0 heterocycles. The Morgan fingerprint density at radius 3 is 2.00 bits per heavy atom. The molecule has 0 aromatic heterocycles. The molecule has 0 aliphatic rings. The molecular weight excluding hydrogens is 227 g/mol. The summed E-state index contributed by atoms with van der Waals surface area (Å²) in [4.78, 5) is 2.44. The van der Waals surface area contributed by atoms with Crippen molar-refractivity contribution < 1.29 is 0 Å². The molecule has 0 unspecified atom stereocenters. The van der Waals surface area contributed by atoms with E-state index in [9.17, 15) is 0 Å². The average molecular weight is 232 g/mol. The van der Waals surface area contributed by atoms with Gasteiger partial charge in [-0.05, 0) is 0 Å². The van der Waals surface area contributed by atoms with Gasteiger partial charge in [0.1, 0.15) is 0 Å². The summed E-state index contributed by atoms with van der Waals surface area (Å²) < 4.78 is 3.10. The van der Waals surface area contributed by atoms with E-state index in [-0.39, 0.29) is 25.8 Å². The van der Waals surface area contributed by atoms with Crippen LogP contribution in [0.3, 0.4) is 0 Å². The molecule has 0 saturated carbocycles. The standard InChI is InChI=1S/Ga.In.N3.5H/c;;1-3-2;;;;;/q+1;;-1;;;;;. The van der Waals surface area contributed by atoms with Crippen LogP contribution in [0.15, 0.2) is 3.82 Å². The van der Waals surface area contributed by atoms with Gasteiger partial charge in [-0.2, -0.15) is 0 Å². The fraction of sp³-hybridized carbons (Fsp3) is 0. The number of azide groups is 1. The maximum absolute atomic E-state index is 7.38. The van der Waals surface area contributed by atoms with Crippen molar-refractivity contribution in [3.05, 3.63) is 10.4 Å². The molecule has 0 N–H and O–H groups in total. The normalized spacial score (nSPS) is 3.20. The number of rotatable bonds is 0. The van der Waals surface area contributed by atoms with E-state index < -0.39 is 0 Å². The monoisotopic (exact) mass is 231 g/mol. The molecule has 26 valence electrons. The summed E-state index contributed by atoms with van der Waals surface area (Å²) in [5.74, 6) is 0. The molecule has 0 spiro atoms. The zero-order valence-corrected chi connectivity index (χ0v) is 6.54. The van der Waals surface area contributed by atoms with Crippen molar-refractivity contribution in [3.63, 3.8) is 0 Å². The SMILES string of the molecule is [InH3].[N-]=[N+]=[N][GaH2]. The molecule has 0 amide bonds. The Balaban J connectivity index is 0. The van der Waals surface area contributed by atoms with Gasteiger partial charge in [-0.25, -0.2) is 0 Å². The van der Waals surface area contributed by atoms with Crippen molar-refractivity contribution in [1.29, 1.82) is 0 Å². The van der Waals surface area contributed by atoms with E-state index in [1.807, 2.05) is 0 Å². The van der Waals surface area contributed by atoms with Gasteiger partial charge in [0, 0.05) is 0 Å². The Kier molecular flexibility index (Phi) is 16.4. The Hall–Kier alpha value is 0.816.